The van der Waals surface area contributed by atoms with E-state index in [1.54, 1.807) is 40.8 Å². The number of fused-ring (bicyclic) bond motifs is 1. The number of aromatic nitrogens is 3. The fourth-order valence-electron chi connectivity index (χ4n) is 2.52. The van der Waals surface area contributed by atoms with Crippen molar-refractivity contribution in [3.05, 3.63) is 28.7 Å². The Balaban J connectivity index is 1.67. The van der Waals surface area contributed by atoms with Crippen molar-refractivity contribution in [3.63, 3.8) is 0 Å². The minimum Gasteiger partial charge on any atom is -0.369 e. The summed E-state index contributed by atoms with van der Waals surface area (Å²) in [4.78, 5) is 16.9. The van der Waals surface area contributed by atoms with Crippen LogP contribution in [-0.2, 0) is 4.74 Å². The van der Waals surface area contributed by atoms with E-state index in [2.05, 4.69) is 37.4 Å². The van der Waals surface area contributed by atoms with Crippen LogP contribution >= 0.6 is 34.4 Å². The summed E-state index contributed by atoms with van der Waals surface area (Å²) in [6, 6.07) is 4.20. The Bertz CT molecular complexity index is 774. The molecule has 0 bridgehead atoms. The summed E-state index contributed by atoms with van der Waals surface area (Å²) in [5, 5.41) is 2.09. The van der Waals surface area contributed by atoms with Crippen LogP contribution in [0.3, 0.4) is 0 Å². The Morgan fingerprint density at radius 2 is 2.36 bits per heavy atom. The smallest absolute Gasteiger partial charge is 0.176 e. The van der Waals surface area contributed by atoms with Crippen LogP contribution in [0.4, 0.5) is 5.82 Å². The van der Waals surface area contributed by atoms with Crippen LogP contribution in [0.5, 0.6) is 0 Å². The highest BCUT2D eigenvalue weighted by molar-refractivity contribution is 8.00. The lowest BCUT2D eigenvalue weighted by atomic mass is 10.2. The van der Waals surface area contributed by atoms with E-state index in [0.717, 1.165) is 33.6 Å². The van der Waals surface area contributed by atoms with Crippen molar-refractivity contribution in [1.82, 2.24) is 15.0 Å². The molecule has 1 atom stereocenters. The lowest BCUT2D eigenvalue weighted by Gasteiger charge is -2.33. The number of hydrogen-bond acceptors (Lipinski definition) is 8. The first-order valence-electron chi connectivity index (χ1n) is 6.90. The zero-order valence-electron chi connectivity index (χ0n) is 11.9. The number of nitrogens with zero attached hydrogens (tertiary/aromatic N) is 4. The van der Waals surface area contributed by atoms with Crippen molar-refractivity contribution in [3.8, 4) is 0 Å². The lowest BCUT2D eigenvalue weighted by molar-refractivity contribution is 0.0419. The highest BCUT2D eigenvalue weighted by Crippen LogP contribution is 2.35. The Labute approximate surface area is 140 Å². The second-order valence-corrected chi connectivity index (χ2v) is 7.89. The average Bonchev–Trinajstić information content (AvgIpc) is 3.23. The van der Waals surface area contributed by atoms with Crippen LogP contribution in [0.15, 0.2) is 28.2 Å². The summed E-state index contributed by atoms with van der Waals surface area (Å²) >= 11 is 5.05. The Morgan fingerprint density at radius 1 is 1.41 bits per heavy atom. The minimum absolute atomic E-state index is 0.117. The van der Waals surface area contributed by atoms with Gasteiger partial charge in [-0.25, -0.2) is 15.0 Å². The molecule has 0 saturated carbocycles. The molecular formula is C14H14N4OS3. The number of morpholine rings is 1. The molecular weight excluding hydrogens is 336 g/mol. The van der Waals surface area contributed by atoms with Gasteiger partial charge in [0.05, 0.1) is 13.2 Å². The normalized spacial score (nSPS) is 19.0. The van der Waals surface area contributed by atoms with E-state index in [4.69, 9.17) is 4.74 Å². The summed E-state index contributed by atoms with van der Waals surface area (Å²) in [6.07, 6.45) is 3.76. The highest BCUT2D eigenvalue weighted by atomic mass is 32.2. The minimum atomic E-state index is 0.117. The number of anilines is 1. The van der Waals surface area contributed by atoms with Crippen LogP contribution in [0, 0.1) is 0 Å². The first-order chi connectivity index (χ1) is 10.8. The monoisotopic (exact) mass is 350 g/mol. The molecule has 0 aromatic carbocycles. The van der Waals surface area contributed by atoms with Crippen LogP contribution in [0.2, 0.25) is 0 Å². The Kier molecular flexibility index (Phi) is 4.00. The van der Waals surface area contributed by atoms with Crippen LogP contribution < -0.4 is 4.90 Å². The molecule has 4 rings (SSSR count). The predicted octanol–water partition coefficient (Wildman–Crippen LogP) is 3.45. The van der Waals surface area contributed by atoms with Gasteiger partial charge in [0.15, 0.2) is 15.8 Å². The molecule has 1 saturated heterocycles. The van der Waals surface area contributed by atoms with Gasteiger partial charge in [0.2, 0.25) is 0 Å². The number of thiazole rings is 1. The van der Waals surface area contributed by atoms with Crippen molar-refractivity contribution in [2.45, 2.75) is 10.4 Å². The summed E-state index contributed by atoms with van der Waals surface area (Å²) in [7, 11) is 0. The molecule has 8 heteroatoms. The molecule has 3 aromatic heterocycles. The first kappa shape index (κ1) is 14.4. The van der Waals surface area contributed by atoms with Gasteiger partial charge in [-0.05, 0) is 17.7 Å². The average molecular weight is 350 g/mol. The molecule has 3 aromatic rings. The molecule has 114 valence electrons. The van der Waals surface area contributed by atoms with Crippen LogP contribution in [0.1, 0.15) is 11.0 Å². The van der Waals surface area contributed by atoms with E-state index in [1.807, 2.05) is 6.26 Å². The molecule has 0 amide bonds. The van der Waals surface area contributed by atoms with E-state index in [9.17, 15) is 0 Å². The topological polar surface area (TPSA) is 51.1 Å². The summed E-state index contributed by atoms with van der Waals surface area (Å²) in [5.74, 6) is 0.979. The number of ether oxygens (including phenoxy) is 1. The standard InChI is InChI=1S/C14H14N4OS3/c1-20-14-17-12-11(22-14)13(16-8-15-12)18-4-5-19-9(7-18)10-3-2-6-21-10/h2-3,6,8-9H,4-5,7H2,1H3. The van der Waals surface area contributed by atoms with Crippen molar-refractivity contribution in [2.75, 3.05) is 30.9 Å². The fraction of sp³-hybridized carbons (Fsp3) is 0.357. The Hall–Kier alpha value is -1.22. The van der Waals surface area contributed by atoms with Crippen LogP contribution in [0.25, 0.3) is 10.3 Å². The third kappa shape index (κ3) is 2.60. The maximum Gasteiger partial charge on any atom is 0.176 e. The predicted molar refractivity (Wildman–Crippen MR) is 92.2 cm³/mol. The summed E-state index contributed by atoms with van der Waals surface area (Å²) in [5.41, 5.74) is 0.790. The third-order valence-corrected chi connectivity index (χ3v) is 6.54. The molecule has 0 spiro atoms. The summed E-state index contributed by atoms with van der Waals surface area (Å²) < 4.78 is 8.02. The molecule has 1 fully saturated rings. The largest absolute Gasteiger partial charge is 0.369 e. The molecule has 1 aliphatic rings. The molecule has 1 unspecified atom stereocenters. The van der Waals surface area contributed by atoms with Crippen LogP contribution in [-0.4, -0.2) is 40.9 Å². The van der Waals surface area contributed by atoms with Gasteiger partial charge in [0.25, 0.3) is 0 Å². The van der Waals surface area contributed by atoms with Gasteiger partial charge in [-0.1, -0.05) is 17.8 Å². The molecule has 22 heavy (non-hydrogen) atoms. The van der Waals surface area contributed by atoms with Gasteiger partial charge >= 0.3 is 0 Å². The van der Waals surface area contributed by atoms with Crippen molar-refractivity contribution in [1.29, 1.82) is 0 Å². The molecule has 1 aliphatic heterocycles. The maximum atomic E-state index is 5.92. The SMILES string of the molecule is CSc1nc2ncnc(N3CCOC(c4cccs4)C3)c2s1. The van der Waals surface area contributed by atoms with Crippen molar-refractivity contribution >= 4 is 50.6 Å². The molecule has 0 aliphatic carbocycles. The van der Waals surface area contributed by atoms with Gasteiger partial charge in [0, 0.05) is 11.4 Å². The van der Waals surface area contributed by atoms with E-state index < -0.39 is 0 Å². The lowest BCUT2D eigenvalue weighted by Crippen LogP contribution is -2.38. The zero-order chi connectivity index (χ0) is 14.9. The van der Waals surface area contributed by atoms with Gasteiger partial charge in [-0.2, -0.15) is 0 Å². The van der Waals surface area contributed by atoms with Gasteiger partial charge in [-0.15, -0.1) is 22.7 Å². The van der Waals surface area contributed by atoms with Gasteiger partial charge < -0.3 is 9.64 Å². The van der Waals surface area contributed by atoms with Crippen molar-refractivity contribution < 1.29 is 4.74 Å². The second kappa shape index (κ2) is 6.11. The summed E-state index contributed by atoms with van der Waals surface area (Å²) in [6.45, 7) is 2.38. The van der Waals surface area contributed by atoms with E-state index in [-0.39, 0.29) is 6.10 Å². The van der Waals surface area contributed by atoms with E-state index >= 15 is 0 Å². The first-order valence-corrected chi connectivity index (χ1v) is 9.82. The molecule has 4 heterocycles. The molecule has 5 nitrogen and oxygen atoms in total. The zero-order valence-corrected chi connectivity index (χ0v) is 14.4. The molecule has 0 N–H and O–H groups in total. The van der Waals surface area contributed by atoms with Gasteiger partial charge in [-0.3, -0.25) is 0 Å². The number of thioether (sulfide) groups is 1. The van der Waals surface area contributed by atoms with E-state index in [1.165, 1.54) is 4.88 Å². The maximum absolute atomic E-state index is 5.92. The number of rotatable bonds is 3. The third-order valence-electron chi connectivity index (χ3n) is 3.55. The Morgan fingerprint density at radius 3 is 3.18 bits per heavy atom. The highest BCUT2D eigenvalue weighted by Gasteiger charge is 2.25. The molecule has 0 radical (unpaired) electrons. The van der Waals surface area contributed by atoms with Gasteiger partial charge in [0.1, 0.15) is 17.1 Å². The fourth-order valence-corrected chi connectivity index (χ4v) is 4.82. The van der Waals surface area contributed by atoms with E-state index in [0.29, 0.717) is 6.61 Å². The van der Waals surface area contributed by atoms with Crippen molar-refractivity contribution in [2.24, 2.45) is 0 Å². The second-order valence-electron chi connectivity index (χ2n) is 4.85. The quantitative estimate of drug-likeness (QED) is 0.675. The number of thiophene rings is 1. The number of hydrogen-bond donors (Lipinski definition) is 0.